The second kappa shape index (κ2) is 22.9. The molecule has 20 heteroatoms. The van der Waals surface area contributed by atoms with Crippen LogP contribution in [0.1, 0.15) is 149 Å². The maximum Gasteiger partial charge on any atom is 0.410 e. The maximum atomic E-state index is 13.2. The summed E-state index contributed by atoms with van der Waals surface area (Å²) in [6, 6.07) is 8.95. The van der Waals surface area contributed by atoms with Crippen molar-refractivity contribution in [3.8, 4) is 11.5 Å². The van der Waals surface area contributed by atoms with Crippen LogP contribution in [0.4, 0.5) is 18.4 Å². The van der Waals surface area contributed by atoms with Crippen molar-refractivity contribution in [3.63, 3.8) is 0 Å². The van der Waals surface area contributed by atoms with Gasteiger partial charge in [0.2, 0.25) is 11.5 Å². The van der Waals surface area contributed by atoms with Crippen molar-refractivity contribution in [2.75, 3.05) is 40.5 Å². The molecule has 4 atom stereocenters. The summed E-state index contributed by atoms with van der Waals surface area (Å²) >= 11 is 0. The Balaban J connectivity index is 0.000000261. The third-order valence-electron chi connectivity index (χ3n) is 11.6. The molecule has 6 rings (SSSR count). The molecule has 2 aliphatic heterocycles. The van der Waals surface area contributed by atoms with E-state index in [1.165, 1.54) is 57.3 Å². The summed E-state index contributed by atoms with van der Waals surface area (Å²) < 4.78 is 51.4. The first-order chi connectivity index (χ1) is 32.8. The minimum atomic E-state index is -0.821. The van der Waals surface area contributed by atoms with Crippen LogP contribution in [-0.4, -0.2) is 115 Å². The summed E-state index contributed by atoms with van der Waals surface area (Å²) in [7, 11) is 3.02. The number of carbonyl (C=O) groups is 4. The monoisotopic (exact) mass is 978 g/mol. The SMILES string of the molecule is CC[C@H]1COC[C@@H](N(C)C(=O)OC(C)(C)C)c2nc(C(=O)CCc3ccc(F)cc3)c(O)c(=O)n21.CC[C@H]1COC[C@H](N(C)C(=O)OC(C)(C)C)c2nc(C(=O)CCc3ccc(F)cc3)c(O)c(=O)n21. The number of ketones is 2. The molecule has 0 saturated carbocycles. The molecule has 0 saturated heterocycles. The number of likely N-dealkylation sites (N-methyl/N-ethyl adjacent to an activating group) is 2. The minimum absolute atomic E-state index is 0.0344. The Hall–Kier alpha value is -6.54. The normalized spacial score (nSPS) is 17.9. The number of aromatic hydroxyl groups is 2. The van der Waals surface area contributed by atoms with Gasteiger partial charge in [0, 0.05) is 26.9 Å². The van der Waals surface area contributed by atoms with E-state index in [1.807, 2.05) is 13.8 Å². The van der Waals surface area contributed by atoms with Crippen molar-refractivity contribution < 1.29 is 57.1 Å². The first kappa shape index (κ1) is 54.4. The number of carbonyl (C=O) groups excluding carboxylic acids is 4. The quantitative estimate of drug-likeness (QED) is 0.131. The molecule has 4 heterocycles. The predicted octanol–water partition coefficient (Wildman–Crippen LogP) is 7.59. The average molecular weight is 979 g/mol. The van der Waals surface area contributed by atoms with E-state index in [0.717, 1.165) is 11.1 Å². The van der Waals surface area contributed by atoms with E-state index in [2.05, 4.69) is 9.97 Å². The summed E-state index contributed by atoms with van der Waals surface area (Å²) in [4.78, 5) is 89.4. The summed E-state index contributed by atoms with van der Waals surface area (Å²) in [6.45, 7) is 14.6. The molecule has 2 aromatic carbocycles. The molecule has 0 bridgehead atoms. The molecule has 0 spiro atoms. The van der Waals surface area contributed by atoms with Crippen LogP contribution in [0.5, 0.6) is 11.5 Å². The smallest absolute Gasteiger partial charge is 0.410 e. The molecule has 70 heavy (non-hydrogen) atoms. The van der Waals surface area contributed by atoms with Crippen molar-refractivity contribution in [1.29, 1.82) is 0 Å². The van der Waals surface area contributed by atoms with Crippen molar-refractivity contribution in [1.82, 2.24) is 28.9 Å². The Morgan fingerprint density at radius 2 is 0.957 bits per heavy atom. The van der Waals surface area contributed by atoms with Gasteiger partial charge in [-0.15, -0.1) is 0 Å². The van der Waals surface area contributed by atoms with E-state index in [0.29, 0.717) is 12.8 Å². The Morgan fingerprint density at radius 3 is 1.26 bits per heavy atom. The van der Waals surface area contributed by atoms with E-state index in [4.69, 9.17) is 18.9 Å². The molecule has 18 nitrogen and oxygen atoms in total. The van der Waals surface area contributed by atoms with Crippen LogP contribution in [0.2, 0.25) is 0 Å². The number of amides is 2. The number of nitrogens with zero attached hydrogens (tertiary/aromatic N) is 6. The molecule has 4 aromatic rings. The minimum Gasteiger partial charge on any atom is -0.501 e. The van der Waals surface area contributed by atoms with Crippen LogP contribution in [0, 0.1) is 11.6 Å². The third kappa shape index (κ3) is 13.4. The second-order valence-electron chi connectivity index (χ2n) is 19.2. The van der Waals surface area contributed by atoms with Crippen LogP contribution in [0.25, 0.3) is 0 Å². The van der Waals surface area contributed by atoms with Gasteiger partial charge < -0.3 is 29.2 Å². The molecule has 0 radical (unpaired) electrons. The van der Waals surface area contributed by atoms with Crippen molar-refractivity contribution >= 4 is 23.8 Å². The highest BCUT2D eigenvalue weighted by Gasteiger charge is 2.38. The molecule has 0 fully saturated rings. The van der Waals surface area contributed by atoms with Gasteiger partial charge >= 0.3 is 12.2 Å². The van der Waals surface area contributed by atoms with E-state index in [1.54, 1.807) is 65.8 Å². The Labute approximate surface area is 405 Å². The molecule has 0 unspecified atom stereocenters. The number of hydrogen-bond acceptors (Lipinski definition) is 14. The summed E-state index contributed by atoms with van der Waals surface area (Å²) in [5.74, 6) is -3.02. The van der Waals surface area contributed by atoms with Crippen LogP contribution < -0.4 is 11.1 Å². The molecule has 2 amide bonds. The number of rotatable bonds is 12. The molecule has 0 aliphatic carbocycles. The first-order valence-electron chi connectivity index (χ1n) is 23.2. The lowest BCUT2D eigenvalue weighted by Crippen LogP contribution is -2.41. The summed E-state index contributed by atoms with van der Waals surface area (Å²) in [5, 5.41) is 21.3. The Bertz CT molecular complexity index is 2460. The molecule has 2 aliphatic rings. The molecule has 2 N–H and O–H groups in total. The van der Waals surface area contributed by atoms with Gasteiger partial charge in [-0.1, -0.05) is 38.1 Å². The number of hydrogen-bond donors (Lipinski definition) is 2. The predicted molar refractivity (Wildman–Crippen MR) is 252 cm³/mol. The molecule has 380 valence electrons. The third-order valence-corrected chi connectivity index (χ3v) is 11.6. The lowest BCUT2D eigenvalue weighted by Gasteiger charge is -2.30. The largest absolute Gasteiger partial charge is 0.501 e. The first-order valence-corrected chi connectivity index (χ1v) is 23.2. The standard InChI is InChI=1S/2C25H32FN3O6/c2*1-6-17-13-34-14-18(28(5)24(33)35-25(2,3)4)22-27-20(21(31)23(32)29(17)22)19(30)12-9-15-7-10-16(26)11-8-15/h2*7-8,10-11,17-18,31H,6,9,12-14H2,1-5H3/t17-,18+;17-,18-/m00/s1. The average Bonchev–Trinajstić information content (AvgIpc) is 3.61. The number of benzene rings is 2. The van der Waals surface area contributed by atoms with Crippen molar-refractivity contribution in [2.24, 2.45) is 0 Å². The van der Waals surface area contributed by atoms with Gasteiger partial charge in [-0.25, -0.2) is 28.3 Å². The fourth-order valence-electron chi connectivity index (χ4n) is 7.72. The molecular weight excluding hydrogens is 915 g/mol. The number of Topliss-reactive ketones (excluding diaryl/α,β-unsaturated/α-hetero) is 2. The zero-order chi connectivity index (χ0) is 51.8. The fourth-order valence-corrected chi connectivity index (χ4v) is 7.72. The summed E-state index contributed by atoms with van der Waals surface area (Å²) in [6.07, 6.45) is 0.202. The number of halogens is 2. The Kier molecular flexibility index (Phi) is 17.8. The molecule has 2 aromatic heterocycles. The van der Waals surface area contributed by atoms with Gasteiger partial charge in [-0.3, -0.25) is 38.1 Å². The van der Waals surface area contributed by atoms with Gasteiger partial charge in [-0.05, 0) is 103 Å². The van der Waals surface area contributed by atoms with Crippen LogP contribution in [-0.2, 0) is 31.8 Å². The molecular formula is C50H64F2N6O12. The highest BCUT2D eigenvalue weighted by atomic mass is 19.1. The zero-order valence-corrected chi connectivity index (χ0v) is 41.4. The number of fused-ring (bicyclic) bond motifs is 2. The van der Waals surface area contributed by atoms with Gasteiger partial charge in [0.05, 0.1) is 38.5 Å². The second-order valence-corrected chi connectivity index (χ2v) is 19.2. The van der Waals surface area contributed by atoms with Gasteiger partial charge in [0.15, 0.2) is 23.0 Å². The van der Waals surface area contributed by atoms with Crippen LogP contribution in [0.15, 0.2) is 58.1 Å². The van der Waals surface area contributed by atoms with Crippen molar-refractivity contribution in [2.45, 2.75) is 129 Å². The van der Waals surface area contributed by atoms with E-state index < -0.39 is 81.7 Å². The van der Waals surface area contributed by atoms with Crippen molar-refractivity contribution in [3.05, 3.63) is 115 Å². The number of aryl methyl sites for hydroxylation is 2. The van der Waals surface area contributed by atoms with E-state index in [9.17, 15) is 47.8 Å². The van der Waals surface area contributed by atoms with Gasteiger partial charge in [0.1, 0.15) is 46.6 Å². The lowest BCUT2D eigenvalue weighted by molar-refractivity contribution is 0.00758. The van der Waals surface area contributed by atoms with Crippen LogP contribution in [0.3, 0.4) is 0 Å². The summed E-state index contributed by atoms with van der Waals surface area (Å²) in [5.41, 5.74) is -2.27. The van der Waals surface area contributed by atoms with Crippen LogP contribution >= 0.6 is 0 Å². The topological polar surface area (TPSA) is 222 Å². The number of aromatic nitrogens is 4. The Morgan fingerprint density at radius 1 is 0.629 bits per heavy atom. The van der Waals surface area contributed by atoms with Gasteiger partial charge in [0.25, 0.3) is 11.1 Å². The lowest BCUT2D eigenvalue weighted by atomic mass is 10.0. The highest BCUT2D eigenvalue weighted by molar-refractivity contribution is 5.97. The zero-order valence-electron chi connectivity index (χ0n) is 41.4. The van der Waals surface area contributed by atoms with Gasteiger partial charge in [-0.2, -0.15) is 0 Å². The fraction of sp³-hybridized carbons (Fsp3) is 0.520. The van der Waals surface area contributed by atoms with E-state index in [-0.39, 0.29) is 86.8 Å². The number of ether oxygens (including phenoxy) is 4. The highest BCUT2D eigenvalue weighted by Crippen LogP contribution is 2.31. The van der Waals surface area contributed by atoms with E-state index >= 15 is 0 Å². The maximum absolute atomic E-state index is 13.2.